The number of hydrogen-bond acceptors (Lipinski definition) is 5. The summed E-state index contributed by atoms with van der Waals surface area (Å²) in [5, 5.41) is 6.54. The van der Waals surface area contributed by atoms with Crippen molar-refractivity contribution in [1.82, 2.24) is 10.3 Å². The smallest absolute Gasteiger partial charge is 0.226 e. The van der Waals surface area contributed by atoms with Crippen molar-refractivity contribution in [2.75, 3.05) is 6.54 Å². The van der Waals surface area contributed by atoms with E-state index in [-0.39, 0.29) is 36.8 Å². The molecule has 0 bridgehead atoms. The number of ether oxygens (including phenoxy) is 1. The van der Waals surface area contributed by atoms with E-state index in [4.69, 9.17) is 22.1 Å². The van der Waals surface area contributed by atoms with Crippen LogP contribution < -0.4 is 15.8 Å². The number of carbonyl (C=O) groups is 1. The Hall–Kier alpha value is -1.05. The van der Waals surface area contributed by atoms with Gasteiger partial charge >= 0.3 is 0 Å². The van der Waals surface area contributed by atoms with Crippen molar-refractivity contribution in [2.45, 2.75) is 38.3 Å². The molecule has 2 unspecified atom stereocenters. The summed E-state index contributed by atoms with van der Waals surface area (Å²) < 4.78 is 5.68. The zero-order valence-corrected chi connectivity index (χ0v) is 17.9. The number of rotatable bonds is 7. The van der Waals surface area contributed by atoms with Gasteiger partial charge in [0.05, 0.1) is 12.1 Å². The molecule has 1 aromatic carbocycles. The molecule has 1 saturated carbocycles. The van der Waals surface area contributed by atoms with Crippen molar-refractivity contribution >= 4 is 53.7 Å². The molecule has 1 aliphatic rings. The first-order valence-corrected chi connectivity index (χ1v) is 9.71. The van der Waals surface area contributed by atoms with E-state index in [0.29, 0.717) is 30.5 Å². The third-order valence-corrected chi connectivity index (χ3v) is 5.55. The van der Waals surface area contributed by atoms with Crippen LogP contribution in [0.2, 0.25) is 5.02 Å². The third-order valence-electron chi connectivity index (χ3n) is 4.43. The lowest BCUT2D eigenvalue weighted by molar-refractivity contribution is -0.121. The maximum Gasteiger partial charge on any atom is 0.226 e. The fourth-order valence-electron chi connectivity index (χ4n) is 3.10. The van der Waals surface area contributed by atoms with E-state index in [2.05, 4.69) is 10.3 Å². The quantitative estimate of drug-likeness (QED) is 0.665. The summed E-state index contributed by atoms with van der Waals surface area (Å²) >= 11 is 7.35. The van der Waals surface area contributed by atoms with Crippen molar-refractivity contribution in [3.8, 4) is 5.75 Å². The molecular weight excluding hydrogens is 429 g/mol. The molecule has 3 N–H and O–H groups in total. The summed E-state index contributed by atoms with van der Waals surface area (Å²) in [6.45, 7) is 1.01. The lowest BCUT2D eigenvalue weighted by Crippen LogP contribution is -2.40. The summed E-state index contributed by atoms with van der Waals surface area (Å²) in [6, 6.07) is 7.42. The topological polar surface area (TPSA) is 77.2 Å². The van der Waals surface area contributed by atoms with Gasteiger partial charge in [0.15, 0.2) is 0 Å². The zero-order valence-electron chi connectivity index (χ0n) is 14.7. The molecule has 27 heavy (non-hydrogen) atoms. The number of nitrogens with one attached hydrogen (secondary N) is 1. The molecule has 2 aromatic rings. The summed E-state index contributed by atoms with van der Waals surface area (Å²) in [7, 11) is 0. The highest BCUT2D eigenvalue weighted by Crippen LogP contribution is 2.24. The first-order chi connectivity index (χ1) is 12.1. The number of amides is 1. The van der Waals surface area contributed by atoms with Gasteiger partial charge in [-0.3, -0.25) is 4.79 Å². The summed E-state index contributed by atoms with van der Waals surface area (Å²) in [6.07, 6.45) is 3.55. The molecule has 3 rings (SSSR count). The van der Waals surface area contributed by atoms with Gasteiger partial charge in [0.1, 0.15) is 17.4 Å². The Morgan fingerprint density at radius 1 is 1.30 bits per heavy atom. The number of halogens is 3. The molecule has 1 amide bonds. The molecule has 1 fully saturated rings. The molecule has 1 aliphatic carbocycles. The Morgan fingerprint density at radius 2 is 2.04 bits per heavy atom. The van der Waals surface area contributed by atoms with Crippen molar-refractivity contribution in [2.24, 2.45) is 11.7 Å². The van der Waals surface area contributed by atoms with Gasteiger partial charge in [-0.2, -0.15) is 0 Å². The highest BCUT2D eigenvalue weighted by atomic mass is 35.5. The second-order valence-electron chi connectivity index (χ2n) is 6.25. The average Bonchev–Trinajstić information content (AvgIpc) is 3.23. The van der Waals surface area contributed by atoms with Crippen LogP contribution in [0.3, 0.4) is 0 Å². The van der Waals surface area contributed by atoms with E-state index in [1.807, 2.05) is 17.5 Å². The molecule has 5 nitrogen and oxygen atoms in total. The Morgan fingerprint density at radius 3 is 2.74 bits per heavy atom. The van der Waals surface area contributed by atoms with E-state index >= 15 is 0 Å². The predicted octanol–water partition coefficient (Wildman–Crippen LogP) is 4.01. The number of nitrogens with two attached hydrogens (primary N) is 1. The van der Waals surface area contributed by atoms with Gasteiger partial charge in [-0.25, -0.2) is 4.98 Å². The van der Waals surface area contributed by atoms with Gasteiger partial charge in [0.25, 0.3) is 0 Å². The Balaban J connectivity index is 0.00000182. The maximum atomic E-state index is 12.2. The summed E-state index contributed by atoms with van der Waals surface area (Å²) in [5.41, 5.74) is 6.54. The van der Waals surface area contributed by atoms with Crippen LogP contribution in [0.25, 0.3) is 0 Å². The monoisotopic (exact) mass is 451 g/mol. The lowest BCUT2D eigenvalue weighted by atomic mass is 10.0. The molecule has 0 radical (unpaired) electrons. The van der Waals surface area contributed by atoms with Gasteiger partial charge in [0, 0.05) is 16.4 Å². The van der Waals surface area contributed by atoms with Crippen molar-refractivity contribution < 1.29 is 9.53 Å². The number of benzene rings is 1. The first-order valence-electron chi connectivity index (χ1n) is 8.45. The lowest BCUT2D eigenvalue weighted by Gasteiger charge is -2.19. The van der Waals surface area contributed by atoms with Crippen LogP contribution in [-0.2, 0) is 17.8 Å². The minimum Gasteiger partial charge on any atom is -0.486 e. The molecular formula is C18H24Cl3N3O2S. The number of hydrogen-bond donors (Lipinski definition) is 2. The number of aromatic nitrogens is 1. The molecule has 9 heteroatoms. The minimum atomic E-state index is 0. The van der Waals surface area contributed by atoms with Gasteiger partial charge < -0.3 is 15.8 Å². The second-order valence-corrected chi connectivity index (χ2v) is 7.63. The first kappa shape index (κ1) is 24.0. The Bertz CT molecular complexity index is 712. The number of nitrogens with zero attached hydrogens (tertiary/aromatic N) is 1. The molecule has 1 aromatic heterocycles. The highest BCUT2D eigenvalue weighted by Gasteiger charge is 2.27. The zero-order chi connectivity index (χ0) is 17.6. The van der Waals surface area contributed by atoms with Crippen molar-refractivity contribution in [3.05, 3.63) is 45.4 Å². The van der Waals surface area contributed by atoms with Crippen LogP contribution in [0.1, 0.15) is 30.0 Å². The Kier molecular flexibility index (Phi) is 10.4. The molecule has 1 heterocycles. The molecule has 0 saturated heterocycles. The standard InChI is InChI=1S/C18H22ClN3O2S.2ClH/c19-13-4-6-15(7-5-13)24-10-18-21-14(11-25-18)8-17(23)22-16-3-1-2-12(16)9-20;;/h4-7,11-12,16H,1-3,8-10,20H2,(H,22,23);2*1H. The van der Waals surface area contributed by atoms with E-state index in [0.717, 1.165) is 35.7 Å². The van der Waals surface area contributed by atoms with Crippen LogP contribution in [0.4, 0.5) is 0 Å². The van der Waals surface area contributed by atoms with Crippen LogP contribution >= 0.6 is 47.8 Å². The van der Waals surface area contributed by atoms with E-state index < -0.39 is 0 Å². The van der Waals surface area contributed by atoms with Crippen LogP contribution in [-0.4, -0.2) is 23.5 Å². The maximum absolute atomic E-state index is 12.2. The highest BCUT2D eigenvalue weighted by molar-refractivity contribution is 7.09. The fourth-order valence-corrected chi connectivity index (χ4v) is 3.93. The molecule has 0 aliphatic heterocycles. The van der Waals surface area contributed by atoms with Gasteiger partial charge in [0.2, 0.25) is 5.91 Å². The van der Waals surface area contributed by atoms with Crippen LogP contribution in [0, 0.1) is 5.92 Å². The van der Waals surface area contributed by atoms with E-state index in [1.165, 1.54) is 11.3 Å². The van der Waals surface area contributed by atoms with E-state index in [9.17, 15) is 4.79 Å². The molecule has 150 valence electrons. The molecule has 0 spiro atoms. The second kappa shape index (κ2) is 11.7. The summed E-state index contributed by atoms with van der Waals surface area (Å²) in [5.74, 6) is 1.16. The third kappa shape index (κ3) is 7.12. The normalized spacial score (nSPS) is 18.3. The summed E-state index contributed by atoms with van der Waals surface area (Å²) in [4.78, 5) is 16.7. The van der Waals surface area contributed by atoms with Crippen LogP contribution in [0.5, 0.6) is 5.75 Å². The van der Waals surface area contributed by atoms with Gasteiger partial charge in [-0.1, -0.05) is 18.0 Å². The Labute approximate surface area is 180 Å². The number of thiazole rings is 1. The average molecular weight is 453 g/mol. The SMILES string of the molecule is Cl.Cl.NCC1CCCC1NC(=O)Cc1csc(COc2ccc(Cl)cc2)n1. The predicted molar refractivity (Wildman–Crippen MR) is 114 cm³/mol. The van der Waals surface area contributed by atoms with Crippen LogP contribution in [0.15, 0.2) is 29.6 Å². The number of carbonyl (C=O) groups excluding carboxylic acids is 1. The van der Waals surface area contributed by atoms with Gasteiger partial charge in [-0.05, 0) is 49.6 Å². The fraction of sp³-hybridized carbons (Fsp3) is 0.444. The van der Waals surface area contributed by atoms with Crippen molar-refractivity contribution in [1.29, 1.82) is 0 Å². The largest absolute Gasteiger partial charge is 0.486 e. The van der Waals surface area contributed by atoms with E-state index in [1.54, 1.807) is 12.1 Å². The van der Waals surface area contributed by atoms with Gasteiger partial charge in [-0.15, -0.1) is 36.2 Å². The van der Waals surface area contributed by atoms with Crippen molar-refractivity contribution in [3.63, 3.8) is 0 Å². The molecule has 2 atom stereocenters. The minimum absolute atomic E-state index is 0.